The lowest BCUT2D eigenvalue weighted by molar-refractivity contribution is -0.140. The Bertz CT molecular complexity index is 774. The zero-order valence-electron chi connectivity index (χ0n) is 14.7. The van der Waals surface area contributed by atoms with Gasteiger partial charge in [-0.1, -0.05) is 17.7 Å². The number of hydrogen-bond acceptors (Lipinski definition) is 4. The van der Waals surface area contributed by atoms with Crippen LogP contribution in [-0.2, 0) is 12.7 Å². The van der Waals surface area contributed by atoms with Crippen molar-refractivity contribution in [2.24, 2.45) is 0 Å². The summed E-state index contributed by atoms with van der Waals surface area (Å²) in [6, 6.07) is 6.94. The molecule has 0 aliphatic carbocycles. The van der Waals surface area contributed by atoms with Crippen molar-refractivity contribution < 1.29 is 17.6 Å². The second-order valence-corrected chi connectivity index (χ2v) is 7.03. The first-order valence-electron chi connectivity index (χ1n) is 8.54. The van der Waals surface area contributed by atoms with Crippen LogP contribution in [-0.4, -0.2) is 41.3 Å². The summed E-state index contributed by atoms with van der Waals surface area (Å²) in [6.45, 7) is 1.82. The van der Waals surface area contributed by atoms with E-state index in [1.807, 2.05) is 11.9 Å². The van der Waals surface area contributed by atoms with Crippen molar-refractivity contribution in [1.82, 2.24) is 15.1 Å². The highest BCUT2D eigenvalue weighted by Gasteiger charge is 2.34. The Morgan fingerprint density at radius 3 is 2.44 bits per heavy atom. The molecule has 0 saturated carbocycles. The fourth-order valence-electron chi connectivity index (χ4n) is 3.30. The minimum atomic E-state index is -4.69. The third-order valence-corrected chi connectivity index (χ3v) is 5.03. The molecule has 1 saturated heterocycles. The molecule has 1 fully saturated rings. The standard InChI is InChI=1S/C18H19ClF4N4/c1-26(17-5-4-16(19)24-25-17)13-6-8-27(9-7-13)11-12-2-3-15(20)14(10-12)18(21,22)23/h2-5,10,13H,6-9,11H2,1H3. The van der Waals surface area contributed by atoms with E-state index in [9.17, 15) is 17.6 Å². The van der Waals surface area contributed by atoms with Gasteiger partial charge < -0.3 is 4.90 Å². The van der Waals surface area contributed by atoms with Crippen molar-refractivity contribution in [3.05, 3.63) is 52.4 Å². The molecule has 2 heterocycles. The van der Waals surface area contributed by atoms with E-state index in [1.54, 1.807) is 12.1 Å². The summed E-state index contributed by atoms with van der Waals surface area (Å²) in [4.78, 5) is 4.12. The van der Waals surface area contributed by atoms with Crippen molar-refractivity contribution in [3.8, 4) is 0 Å². The predicted molar refractivity (Wildman–Crippen MR) is 95.1 cm³/mol. The van der Waals surface area contributed by atoms with Gasteiger partial charge in [0.15, 0.2) is 11.0 Å². The van der Waals surface area contributed by atoms with Crippen LogP contribution < -0.4 is 4.90 Å². The topological polar surface area (TPSA) is 32.3 Å². The van der Waals surface area contributed by atoms with Gasteiger partial charge in [-0.25, -0.2) is 4.39 Å². The molecule has 2 aromatic rings. The Morgan fingerprint density at radius 2 is 1.85 bits per heavy atom. The number of hydrogen-bond donors (Lipinski definition) is 0. The van der Waals surface area contributed by atoms with Gasteiger partial charge in [-0.05, 0) is 42.7 Å². The first-order valence-corrected chi connectivity index (χ1v) is 8.92. The number of piperidine rings is 1. The molecule has 9 heteroatoms. The smallest absolute Gasteiger partial charge is 0.355 e. The van der Waals surface area contributed by atoms with E-state index < -0.39 is 17.6 Å². The highest BCUT2D eigenvalue weighted by Crippen LogP contribution is 2.32. The molecule has 27 heavy (non-hydrogen) atoms. The summed E-state index contributed by atoms with van der Waals surface area (Å²) >= 11 is 5.75. The Labute approximate surface area is 159 Å². The van der Waals surface area contributed by atoms with Gasteiger partial charge in [-0.3, -0.25) is 4.90 Å². The largest absolute Gasteiger partial charge is 0.419 e. The van der Waals surface area contributed by atoms with Crippen LogP contribution in [0.15, 0.2) is 30.3 Å². The van der Waals surface area contributed by atoms with Crippen molar-refractivity contribution in [1.29, 1.82) is 0 Å². The van der Waals surface area contributed by atoms with Gasteiger partial charge in [0.2, 0.25) is 0 Å². The van der Waals surface area contributed by atoms with Crippen LogP contribution in [0, 0.1) is 5.82 Å². The molecular weight excluding hydrogens is 384 g/mol. The summed E-state index contributed by atoms with van der Waals surface area (Å²) in [7, 11) is 1.94. The van der Waals surface area contributed by atoms with E-state index in [4.69, 9.17) is 11.6 Å². The van der Waals surface area contributed by atoms with E-state index >= 15 is 0 Å². The van der Waals surface area contributed by atoms with E-state index in [2.05, 4.69) is 15.1 Å². The van der Waals surface area contributed by atoms with Crippen LogP contribution in [0.5, 0.6) is 0 Å². The van der Waals surface area contributed by atoms with Crippen molar-refractivity contribution in [2.45, 2.75) is 31.6 Å². The zero-order valence-corrected chi connectivity index (χ0v) is 15.4. The highest BCUT2D eigenvalue weighted by molar-refractivity contribution is 6.29. The molecule has 0 unspecified atom stereocenters. The molecule has 0 radical (unpaired) electrons. The SMILES string of the molecule is CN(c1ccc(Cl)nn1)C1CCN(Cc2ccc(F)c(C(F)(F)F)c2)CC1. The second kappa shape index (κ2) is 7.98. The predicted octanol–water partition coefficient (Wildman–Crippen LogP) is 4.39. The van der Waals surface area contributed by atoms with Crippen LogP contribution in [0.1, 0.15) is 24.0 Å². The quantitative estimate of drug-likeness (QED) is 0.710. The number of anilines is 1. The Kier molecular flexibility index (Phi) is 5.86. The number of halogens is 5. The Morgan fingerprint density at radius 1 is 1.15 bits per heavy atom. The van der Waals surface area contributed by atoms with Gasteiger partial charge in [-0.2, -0.15) is 13.2 Å². The minimum absolute atomic E-state index is 0.260. The molecule has 4 nitrogen and oxygen atoms in total. The normalized spacial score (nSPS) is 16.5. The van der Waals surface area contributed by atoms with Gasteiger partial charge in [0.05, 0.1) is 5.56 Å². The van der Waals surface area contributed by atoms with Gasteiger partial charge in [0.1, 0.15) is 5.82 Å². The molecule has 0 bridgehead atoms. The van der Waals surface area contributed by atoms with Gasteiger partial charge >= 0.3 is 6.18 Å². The highest BCUT2D eigenvalue weighted by atomic mass is 35.5. The van der Waals surface area contributed by atoms with Crippen molar-refractivity contribution in [3.63, 3.8) is 0 Å². The molecule has 0 spiro atoms. The number of aromatic nitrogens is 2. The second-order valence-electron chi connectivity index (χ2n) is 6.64. The maximum Gasteiger partial charge on any atom is 0.419 e. The third-order valence-electron chi connectivity index (χ3n) is 4.83. The maximum absolute atomic E-state index is 13.4. The van der Waals surface area contributed by atoms with E-state index in [0.717, 1.165) is 43.9 Å². The Balaban J connectivity index is 1.59. The number of alkyl halides is 3. The maximum atomic E-state index is 13.4. The molecule has 1 aliphatic rings. The van der Waals surface area contributed by atoms with Crippen LogP contribution in [0.3, 0.4) is 0 Å². The van der Waals surface area contributed by atoms with Crippen LogP contribution in [0.4, 0.5) is 23.4 Å². The van der Waals surface area contributed by atoms with Crippen LogP contribution in [0.25, 0.3) is 0 Å². The van der Waals surface area contributed by atoms with Gasteiger partial charge in [0.25, 0.3) is 0 Å². The average molecular weight is 403 g/mol. The molecule has 1 aliphatic heterocycles. The lowest BCUT2D eigenvalue weighted by Gasteiger charge is -2.37. The van der Waals surface area contributed by atoms with Crippen molar-refractivity contribution in [2.75, 3.05) is 25.0 Å². The average Bonchev–Trinajstić information content (AvgIpc) is 2.63. The summed E-state index contributed by atoms with van der Waals surface area (Å²) in [5, 5.41) is 8.24. The molecule has 0 amide bonds. The molecule has 0 atom stereocenters. The van der Waals surface area contributed by atoms with E-state index in [-0.39, 0.29) is 6.04 Å². The third kappa shape index (κ3) is 4.87. The molecule has 1 aromatic heterocycles. The van der Waals surface area contributed by atoms with Crippen LogP contribution >= 0.6 is 11.6 Å². The number of nitrogens with zero attached hydrogens (tertiary/aromatic N) is 4. The Hall–Kier alpha value is -1.93. The van der Waals surface area contributed by atoms with Gasteiger partial charge in [-0.15, -0.1) is 10.2 Å². The van der Waals surface area contributed by atoms with Crippen molar-refractivity contribution >= 4 is 17.4 Å². The molecule has 3 rings (SSSR count). The zero-order chi connectivity index (χ0) is 19.6. The lowest BCUT2D eigenvalue weighted by atomic mass is 10.0. The number of rotatable bonds is 4. The molecule has 146 valence electrons. The molecular formula is C18H19ClF4N4. The summed E-state index contributed by atoms with van der Waals surface area (Å²) < 4.78 is 52.0. The summed E-state index contributed by atoms with van der Waals surface area (Å²) in [6.07, 6.45) is -3.00. The van der Waals surface area contributed by atoms with E-state index in [1.165, 1.54) is 6.07 Å². The first kappa shape index (κ1) is 19.8. The van der Waals surface area contributed by atoms with E-state index in [0.29, 0.717) is 17.3 Å². The fraction of sp³-hybridized carbons (Fsp3) is 0.444. The van der Waals surface area contributed by atoms with Crippen LogP contribution in [0.2, 0.25) is 5.15 Å². The number of likely N-dealkylation sites (tertiary alicyclic amines) is 1. The summed E-state index contributed by atoms with van der Waals surface area (Å²) in [5.41, 5.74) is -0.755. The molecule has 0 N–H and O–H groups in total. The number of benzene rings is 1. The fourth-order valence-corrected chi connectivity index (χ4v) is 3.40. The first-order chi connectivity index (χ1) is 12.7. The molecule has 1 aromatic carbocycles. The monoisotopic (exact) mass is 402 g/mol. The van der Waals surface area contributed by atoms with Gasteiger partial charge in [0, 0.05) is 32.7 Å². The minimum Gasteiger partial charge on any atom is -0.355 e. The lowest BCUT2D eigenvalue weighted by Crippen LogP contribution is -2.43. The summed E-state index contributed by atoms with van der Waals surface area (Å²) in [5.74, 6) is -0.512.